The van der Waals surface area contributed by atoms with Gasteiger partial charge in [-0.2, -0.15) is 18.4 Å². The first-order valence-corrected chi connectivity index (χ1v) is 10.0. The van der Waals surface area contributed by atoms with E-state index in [1.165, 1.54) is 11.6 Å². The molecule has 0 N–H and O–H groups in total. The summed E-state index contributed by atoms with van der Waals surface area (Å²) in [6.07, 6.45) is -3.47. The maximum Gasteiger partial charge on any atom is 0.417 e. The lowest BCUT2D eigenvalue weighted by Gasteiger charge is -2.35. The van der Waals surface area contributed by atoms with E-state index >= 15 is 0 Å². The van der Waals surface area contributed by atoms with Gasteiger partial charge >= 0.3 is 6.18 Å². The summed E-state index contributed by atoms with van der Waals surface area (Å²) in [5.41, 5.74) is 3.05. The highest BCUT2D eigenvalue weighted by Gasteiger charge is 2.31. The summed E-state index contributed by atoms with van der Waals surface area (Å²) in [6, 6.07) is 20.5. The Bertz CT molecular complexity index is 1060. The minimum atomic E-state index is -4.36. The number of alkyl halides is 3. The molecule has 4 nitrogen and oxygen atoms in total. The molecule has 7 heteroatoms. The molecule has 3 aromatic rings. The average Bonchev–Trinajstić information content (AvgIpc) is 2.80. The molecule has 0 saturated carbocycles. The molecule has 1 aliphatic heterocycles. The number of nitriles is 1. The van der Waals surface area contributed by atoms with Gasteiger partial charge in [-0.25, -0.2) is 4.98 Å². The third kappa shape index (κ3) is 4.86. The molecular weight excluding hydrogens is 401 g/mol. The zero-order valence-electron chi connectivity index (χ0n) is 16.8. The second kappa shape index (κ2) is 8.78. The normalized spacial score (nSPS) is 15.0. The van der Waals surface area contributed by atoms with Gasteiger partial charge in [-0.1, -0.05) is 42.5 Å². The minimum Gasteiger partial charge on any atom is -0.354 e. The van der Waals surface area contributed by atoms with Crippen LogP contribution < -0.4 is 4.90 Å². The lowest BCUT2D eigenvalue weighted by Crippen LogP contribution is -2.46. The second-order valence-corrected chi connectivity index (χ2v) is 7.52. The van der Waals surface area contributed by atoms with Crippen LogP contribution in [0.4, 0.5) is 19.0 Å². The molecule has 0 unspecified atom stereocenters. The Kier molecular flexibility index (Phi) is 5.92. The molecule has 158 valence electrons. The molecule has 2 heterocycles. The number of hydrogen-bond donors (Lipinski definition) is 0. The molecule has 0 atom stereocenters. The summed E-state index contributed by atoms with van der Waals surface area (Å²) in [4.78, 5) is 8.33. The third-order valence-electron chi connectivity index (χ3n) is 5.49. The standard InChI is InChI=1S/C24H21F3N4/c25-24(26,27)21-9-10-23(29-16-21)31-13-11-30(12-14-31)17-18-5-7-19(8-6-18)22-4-2-1-3-20(22)15-28/h1-10,16H,11-14,17H2. The molecule has 4 rings (SSSR count). The maximum atomic E-state index is 12.7. The van der Waals surface area contributed by atoms with Crippen molar-refractivity contribution in [1.29, 1.82) is 5.26 Å². The van der Waals surface area contributed by atoms with Crippen molar-refractivity contribution in [3.63, 3.8) is 0 Å². The van der Waals surface area contributed by atoms with Gasteiger partial charge in [0.05, 0.1) is 17.2 Å². The number of rotatable bonds is 4. The van der Waals surface area contributed by atoms with Crippen LogP contribution in [0.15, 0.2) is 66.9 Å². The van der Waals surface area contributed by atoms with Gasteiger partial charge in [0.25, 0.3) is 0 Å². The van der Waals surface area contributed by atoms with Gasteiger partial charge in [0.15, 0.2) is 0 Å². The quantitative estimate of drug-likeness (QED) is 0.596. The number of benzene rings is 2. The first-order chi connectivity index (χ1) is 14.9. The monoisotopic (exact) mass is 422 g/mol. The Labute approximate surface area is 179 Å². The van der Waals surface area contributed by atoms with Crippen molar-refractivity contribution in [2.24, 2.45) is 0 Å². The lowest BCUT2D eigenvalue weighted by molar-refractivity contribution is -0.137. The molecular formula is C24H21F3N4. The predicted molar refractivity (Wildman–Crippen MR) is 113 cm³/mol. The highest BCUT2D eigenvalue weighted by Crippen LogP contribution is 2.29. The van der Waals surface area contributed by atoms with Gasteiger partial charge < -0.3 is 4.90 Å². The number of hydrogen-bond acceptors (Lipinski definition) is 4. The van der Waals surface area contributed by atoms with E-state index in [2.05, 4.69) is 28.1 Å². The van der Waals surface area contributed by atoms with Gasteiger partial charge in [-0.05, 0) is 34.9 Å². The van der Waals surface area contributed by atoms with Gasteiger partial charge in [0.1, 0.15) is 5.82 Å². The average molecular weight is 422 g/mol. The number of piperazine rings is 1. The topological polar surface area (TPSA) is 43.2 Å². The number of anilines is 1. The Hall–Kier alpha value is -3.37. The molecule has 0 spiro atoms. The lowest BCUT2D eigenvalue weighted by atomic mass is 9.99. The van der Waals surface area contributed by atoms with Crippen LogP contribution in [-0.2, 0) is 12.7 Å². The van der Waals surface area contributed by atoms with Crippen molar-refractivity contribution in [2.45, 2.75) is 12.7 Å². The van der Waals surface area contributed by atoms with Crippen LogP contribution in [0.5, 0.6) is 0 Å². The van der Waals surface area contributed by atoms with E-state index in [1.54, 1.807) is 0 Å². The predicted octanol–water partition coefficient (Wildman–Crippen LogP) is 4.96. The van der Waals surface area contributed by atoms with Gasteiger partial charge in [0, 0.05) is 38.9 Å². The fourth-order valence-electron chi connectivity index (χ4n) is 3.76. The Morgan fingerprint density at radius 3 is 2.23 bits per heavy atom. The summed E-state index contributed by atoms with van der Waals surface area (Å²) in [5, 5.41) is 9.29. The van der Waals surface area contributed by atoms with Crippen molar-refractivity contribution < 1.29 is 13.2 Å². The van der Waals surface area contributed by atoms with E-state index in [0.29, 0.717) is 24.5 Å². The molecule has 0 radical (unpaired) electrons. The van der Waals surface area contributed by atoms with Crippen LogP contribution in [0.25, 0.3) is 11.1 Å². The van der Waals surface area contributed by atoms with Crippen LogP contribution in [0.2, 0.25) is 0 Å². The summed E-state index contributed by atoms with van der Waals surface area (Å²) >= 11 is 0. The molecule has 31 heavy (non-hydrogen) atoms. The van der Waals surface area contributed by atoms with Crippen molar-refractivity contribution in [1.82, 2.24) is 9.88 Å². The number of aromatic nitrogens is 1. The molecule has 1 aromatic heterocycles. The van der Waals surface area contributed by atoms with Gasteiger partial charge in [0.2, 0.25) is 0 Å². The van der Waals surface area contributed by atoms with E-state index in [1.807, 2.05) is 41.3 Å². The molecule has 0 amide bonds. The van der Waals surface area contributed by atoms with E-state index in [9.17, 15) is 18.4 Å². The van der Waals surface area contributed by atoms with Crippen molar-refractivity contribution in [3.8, 4) is 17.2 Å². The first-order valence-electron chi connectivity index (χ1n) is 10.0. The minimum absolute atomic E-state index is 0.577. The highest BCUT2D eigenvalue weighted by molar-refractivity contribution is 5.70. The van der Waals surface area contributed by atoms with Crippen LogP contribution in [0.3, 0.4) is 0 Å². The van der Waals surface area contributed by atoms with Crippen LogP contribution in [0.1, 0.15) is 16.7 Å². The number of halogens is 3. The fraction of sp³-hybridized carbons (Fsp3) is 0.250. The van der Waals surface area contributed by atoms with E-state index in [4.69, 9.17) is 0 Å². The molecule has 1 saturated heterocycles. The number of nitrogens with zero attached hydrogens (tertiary/aromatic N) is 4. The van der Waals surface area contributed by atoms with Gasteiger partial charge in [-0.15, -0.1) is 0 Å². The number of pyridine rings is 1. The highest BCUT2D eigenvalue weighted by atomic mass is 19.4. The first kappa shape index (κ1) is 20.9. The van der Waals surface area contributed by atoms with Crippen LogP contribution in [0, 0.1) is 11.3 Å². The second-order valence-electron chi connectivity index (χ2n) is 7.52. The molecule has 1 fully saturated rings. The SMILES string of the molecule is N#Cc1ccccc1-c1ccc(CN2CCN(c3ccc(C(F)(F)F)cn3)CC2)cc1. The van der Waals surface area contributed by atoms with Crippen molar-refractivity contribution >= 4 is 5.82 Å². The zero-order valence-corrected chi connectivity index (χ0v) is 16.8. The zero-order chi connectivity index (χ0) is 21.8. The maximum absolute atomic E-state index is 12.7. The smallest absolute Gasteiger partial charge is 0.354 e. The van der Waals surface area contributed by atoms with Crippen LogP contribution in [-0.4, -0.2) is 36.1 Å². The Balaban J connectivity index is 1.34. The summed E-state index contributed by atoms with van der Waals surface area (Å²) < 4.78 is 38.1. The summed E-state index contributed by atoms with van der Waals surface area (Å²) in [7, 11) is 0. The third-order valence-corrected chi connectivity index (χ3v) is 5.49. The summed E-state index contributed by atoms with van der Waals surface area (Å²) in [5.74, 6) is 0.577. The molecule has 0 bridgehead atoms. The Morgan fingerprint density at radius 2 is 1.61 bits per heavy atom. The fourth-order valence-corrected chi connectivity index (χ4v) is 3.76. The molecule has 2 aromatic carbocycles. The van der Waals surface area contributed by atoms with Crippen LogP contribution >= 0.6 is 0 Å². The molecule has 0 aliphatic carbocycles. The summed E-state index contributed by atoms with van der Waals surface area (Å²) in [6.45, 7) is 3.84. The van der Waals surface area contributed by atoms with E-state index < -0.39 is 11.7 Å². The van der Waals surface area contributed by atoms with Crippen molar-refractivity contribution in [2.75, 3.05) is 31.1 Å². The largest absolute Gasteiger partial charge is 0.417 e. The van der Waals surface area contributed by atoms with E-state index in [0.717, 1.165) is 43.0 Å². The Morgan fingerprint density at radius 1 is 0.903 bits per heavy atom. The van der Waals surface area contributed by atoms with E-state index in [-0.39, 0.29) is 0 Å². The van der Waals surface area contributed by atoms with Gasteiger partial charge in [-0.3, -0.25) is 4.90 Å². The molecule has 1 aliphatic rings. The van der Waals surface area contributed by atoms with Crippen molar-refractivity contribution in [3.05, 3.63) is 83.6 Å².